The molecule has 0 radical (unpaired) electrons. The van der Waals surface area contributed by atoms with E-state index >= 15 is 0 Å². The van der Waals surface area contributed by atoms with E-state index in [1.54, 1.807) is 36.4 Å². The molecular weight excluding hydrogens is 488 g/mol. The molecule has 2 aromatic carbocycles. The molecule has 0 aliphatic heterocycles. The van der Waals surface area contributed by atoms with Crippen LogP contribution in [-0.2, 0) is 29.3 Å². The van der Waals surface area contributed by atoms with Crippen LogP contribution >= 0.6 is 0 Å². The highest BCUT2D eigenvalue weighted by molar-refractivity contribution is 7.92. The van der Waals surface area contributed by atoms with E-state index in [-0.39, 0.29) is 53.7 Å². The first kappa shape index (κ1) is 28.5. The van der Waals surface area contributed by atoms with Crippen LogP contribution in [0.4, 0.5) is 0 Å². The molecule has 0 heterocycles. The summed E-state index contributed by atoms with van der Waals surface area (Å²) in [5.41, 5.74) is 0. The smallest absolute Gasteiger partial charge is 0.221 e. The Morgan fingerprint density at radius 3 is 1.31 bits per heavy atom. The first-order chi connectivity index (χ1) is 16.6. The topological polar surface area (TPSA) is 126 Å². The summed E-state index contributed by atoms with van der Waals surface area (Å²) in [7, 11) is -7.80. The van der Waals surface area contributed by atoms with Crippen LogP contribution in [0, 0.1) is 0 Å². The quantitative estimate of drug-likeness (QED) is 0.390. The molecule has 10 heteroatoms. The lowest BCUT2D eigenvalue weighted by molar-refractivity contribution is -0.122. The van der Waals surface area contributed by atoms with Crippen molar-refractivity contribution < 1.29 is 26.4 Å². The molecule has 0 spiro atoms. The lowest BCUT2D eigenvalue weighted by Gasteiger charge is -2.22. The SMILES string of the molecule is CCCC(=O)NC(CCCC(NC(=O)CCC)S(=O)(=O)c1ccccc1)S(=O)(=O)c1ccccc1. The molecule has 0 aliphatic carbocycles. The minimum atomic E-state index is -3.90. The van der Waals surface area contributed by atoms with Gasteiger partial charge >= 0.3 is 0 Å². The molecule has 2 amide bonds. The van der Waals surface area contributed by atoms with E-state index in [1.807, 2.05) is 13.8 Å². The van der Waals surface area contributed by atoms with Gasteiger partial charge in [0.15, 0.2) is 19.7 Å². The summed E-state index contributed by atoms with van der Waals surface area (Å²) in [4.78, 5) is 24.7. The van der Waals surface area contributed by atoms with E-state index in [1.165, 1.54) is 24.3 Å². The molecule has 0 saturated heterocycles. The Balaban J connectivity index is 2.25. The van der Waals surface area contributed by atoms with Crippen molar-refractivity contribution >= 4 is 31.5 Å². The third kappa shape index (κ3) is 8.17. The number of hydrogen-bond acceptors (Lipinski definition) is 6. The highest BCUT2D eigenvalue weighted by Gasteiger charge is 2.32. The molecule has 2 rings (SSSR count). The maximum absolute atomic E-state index is 13.2. The molecule has 2 atom stereocenters. The average Bonchev–Trinajstić information content (AvgIpc) is 2.84. The summed E-state index contributed by atoms with van der Waals surface area (Å²) in [5.74, 6) is -0.775. The first-order valence-electron chi connectivity index (χ1n) is 11.8. The number of benzene rings is 2. The Kier molecular flexibility index (Phi) is 10.9. The van der Waals surface area contributed by atoms with Crippen LogP contribution in [0.3, 0.4) is 0 Å². The predicted molar refractivity (Wildman–Crippen MR) is 135 cm³/mol. The maximum Gasteiger partial charge on any atom is 0.221 e. The zero-order valence-electron chi connectivity index (χ0n) is 20.1. The molecule has 0 fully saturated rings. The summed E-state index contributed by atoms with van der Waals surface area (Å²) in [5, 5.41) is 2.77. The zero-order valence-corrected chi connectivity index (χ0v) is 21.8. The molecule has 0 saturated carbocycles. The van der Waals surface area contributed by atoms with Crippen molar-refractivity contribution in [1.82, 2.24) is 10.6 Å². The van der Waals surface area contributed by atoms with Crippen LogP contribution in [0.15, 0.2) is 70.5 Å². The number of carbonyl (C=O) groups excluding carboxylic acids is 2. The van der Waals surface area contributed by atoms with Crippen molar-refractivity contribution in [3.63, 3.8) is 0 Å². The van der Waals surface area contributed by atoms with Gasteiger partial charge in [0.25, 0.3) is 0 Å². The third-order valence-corrected chi connectivity index (χ3v) is 9.49. The van der Waals surface area contributed by atoms with Crippen LogP contribution in [0.25, 0.3) is 0 Å². The van der Waals surface area contributed by atoms with Crippen LogP contribution in [0.2, 0.25) is 0 Å². The van der Waals surface area contributed by atoms with Gasteiger partial charge in [-0.25, -0.2) is 16.8 Å². The standard InChI is InChI=1S/C25H34N2O6S2/c1-3-12-22(28)26-24(34(30,31)20-14-7-5-8-15-20)18-11-19-25(27-23(29)13-4-2)35(32,33)21-16-9-6-10-17-21/h5-10,14-17,24-25H,3-4,11-13,18-19H2,1-2H3,(H,26,28)(H,27,29). The number of rotatable bonds is 14. The van der Waals surface area contributed by atoms with Crippen LogP contribution in [-0.4, -0.2) is 39.4 Å². The van der Waals surface area contributed by atoms with Gasteiger partial charge in [0.1, 0.15) is 10.7 Å². The molecule has 2 unspecified atom stereocenters. The number of hydrogen-bond donors (Lipinski definition) is 2. The molecule has 2 N–H and O–H groups in total. The van der Waals surface area contributed by atoms with E-state index in [0.29, 0.717) is 12.8 Å². The van der Waals surface area contributed by atoms with Crippen LogP contribution in [0.1, 0.15) is 58.8 Å². The van der Waals surface area contributed by atoms with Crippen LogP contribution in [0.5, 0.6) is 0 Å². The van der Waals surface area contributed by atoms with E-state index in [4.69, 9.17) is 0 Å². The minimum absolute atomic E-state index is 0.00284. The van der Waals surface area contributed by atoms with Gasteiger partial charge in [-0.1, -0.05) is 50.2 Å². The number of nitrogens with one attached hydrogen (secondary N) is 2. The van der Waals surface area contributed by atoms with Crippen LogP contribution < -0.4 is 10.6 Å². The molecule has 0 aliphatic rings. The fraction of sp³-hybridized carbons (Fsp3) is 0.440. The summed E-state index contributed by atoms with van der Waals surface area (Å²) in [6.07, 6.45) is 1.62. The second-order valence-electron chi connectivity index (χ2n) is 8.26. The summed E-state index contributed by atoms with van der Waals surface area (Å²) >= 11 is 0. The normalized spacial score (nSPS) is 13.5. The summed E-state index contributed by atoms with van der Waals surface area (Å²) < 4.78 is 52.9. The van der Waals surface area contributed by atoms with Gasteiger partial charge in [0.05, 0.1) is 9.79 Å². The Bertz CT molecular complexity index is 1070. The van der Waals surface area contributed by atoms with Gasteiger partial charge in [-0.15, -0.1) is 0 Å². The third-order valence-electron chi connectivity index (χ3n) is 5.42. The van der Waals surface area contributed by atoms with Gasteiger partial charge in [-0.3, -0.25) is 9.59 Å². The average molecular weight is 523 g/mol. The van der Waals surface area contributed by atoms with Crippen molar-refractivity contribution in [2.45, 2.75) is 79.3 Å². The van der Waals surface area contributed by atoms with E-state index < -0.39 is 30.4 Å². The molecule has 0 aromatic heterocycles. The number of carbonyl (C=O) groups is 2. The molecule has 192 valence electrons. The van der Waals surface area contributed by atoms with Gasteiger partial charge in [0.2, 0.25) is 11.8 Å². The minimum Gasteiger partial charge on any atom is -0.339 e. The van der Waals surface area contributed by atoms with E-state index in [0.717, 1.165) is 0 Å². The van der Waals surface area contributed by atoms with E-state index in [2.05, 4.69) is 10.6 Å². The monoisotopic (exact) mass is 522 g/mol. The molecule has 0 bridgehead atoms. The summed E-state index contributed by atoms with van der Waals surface area (Å²) in [6, 6.07) is 15.6. The predicted octanol–water partition coefficient (Wildman–Crippen LogP) is 3.59. The zero-order chi connectivity index (χ0) is 25.9. The summed E-state index contributed by atoms with van der Waals surface area (Å²) in [6.45, 7) is 3.64. The van der Waals surface area contributed by atoms with Gasteiger partial charge in [0, 0.05) is 12.8 Å². The molecule has 35 heavy (non-hydrogen) atoms. The van der Waals surface area contributed by atoms with Crippen molar-refractivity contribution in [1.29, 1.82) is 0 Å². The molecule has 8 nitrogen and oxygen atoms in total. The fourth-order valence-corrected chi connectivity index (χ4v) is 6.86. The van der Waals surface area contributed by atoms with Crippen molar-refractivity contribution in [2.24, 2.45) is 0 Å². The van der Waals surface area contributed by atoms with Crippen molar-refractivity contribution in [2.75, 3.05) is 0 Å². The first-order valence-corrected chi connectivity index (χ1v) is 14.9. The Hall–Kier alpha value is -2.72. The number of amides is 2. The molecular formula is C25H34N2O6S2. The highest BCUT2D eigenvalue weighted by Crippen LogP contribution is 2.22. The fourth-order valence-electron chi connectivity index (χ4n) is 3.60. The highest BCUT2D eigenvalue weighted by atomic mass is 32.2. The Labute approximate surface area is 208 Å². The maximum atomic E-state index is 13.2. The van der Waals surface area contributed by atoms with Crippen molar-refractivity contribution in [3.05, 3.63) is 60.7 Å². The Morgan fingerprint density at radius 1 is 0.657 bits per heavy atom. The van der Waals surface area contributed by atoms with E-state index in [9.17, 15) is 26.4 Å². The van der Waals surface area contributed by atoms with Gasteiger partial charge in [-0.2, -0.15) is 0 Å². The second-order valence-corrected chi connectivity index (χ2v) is 12.5. The lowest BCUT2D eigenvalue weighted by atomic mass is 10.2. The lowest BCUT2D eigenvalue weighted by Crippen LogP contribution is -2.42. The Morgan fingerprint density at radius 2 is 1.00 bits per heavy atom. The number of sulfone groups is 2. The van der Waals surface area contributed by atoms with Gasteiger partial charge < -0.3 is 10.6 Å². The molecule has 2 aromatic rings. The largest absolute Gasteiger partial charge is 0.339 e. The van der Waals surface area contributed by atoms with Gasteiger partial charge in [-0.05, 0) is 56.4 Å². The second kappa shape index (κ2) is 13.4. The van der Waals surface area contributed by atoms with Crippen molar-refractivity contribution in [3.8, 4) is 0 Å².